The fourth-order valence-electron chi connectivity index (χ4n) is 0.799. The van der Waals surface area contributed by atoms with E-state index < -0.39 is 12.0 Å². The first kappa shape index (κ1) is 9.44. The molecule has 0 fully saturated rings. The summed E-state index contributed by atoms with van der Waals surface area (Å²) < 4.78 is 29.3. The smallest absolute Gasteiger partial charge is 0.423 e. The summed E-state index contributed by atoms with van der Waals surface area (Å²) in [6, 6.07) is 0. The van der Waals surface area contributed by atoms with Crippen molar-refractivity contribution in [3.8, 4) is 0 Å². The summed E-state index contributed by atoms with van der Waals surface area (Å²) in [5.74, 6) is -1.70. The minimum atomic E-state index is -3.84. The Kier molecular flexibility index (Phi) is 2.18. The van der Waals surface area contributed by atoms with Gasteiger partial charge in [-0.3, -0.25) is 4.79 Å². The molecule has 0 unspecified atom stereocenters. The molecule has 0 aromatic carbocycles. The standard InChI is InChI=1S/C8H7F2NO2/c1-3-5-6(4-2)13-8(9,10)7(12)11-5/h3-4H,1-2H2,(H,11,12). The average Bonchev–Trinajstić information content (AvgIpc) is 2.08. The lowest BCUT2D eigenvalue weighted by atomic mass is 10.3. The van der Waals surface area contributed by atoms with Crippen LogP contribution in [0.1, 0.15) is 0 Å². The molecule has 0 radical (unpaired) electrons. The topological polar surface area (TPSA) is 38.3 Å². The molecule has 1 heterocycles. The van der Waals surface area contributed by atoms with Crippen molar-refractivity contribution < 1.29 is 18.3 Å². The van der Waals surface area contributed by atoms with E-state index in [1.54, 1.807) is 0 Å². The number of carbonyl (C=O) groups excluding carboxylic acids is 1. The lowest BCUT2D eigenvalue weighted by Gasteiger charge is -2.24. The van der Waals surface area contributed by atoms with Crippen LogP contribution in [0.3, 0.4) is 0 Å². The molecule has 70 valence electrons. The van der Waals surface area contributed by atoms with Crippen LogP contribution in [0.4, 0.5) is 8.78 Å². The number of halogens is 2. The van der Waals surface area contributed by atoms with Gasteiger partial charge in [0.2, 0.25) is 0 Å². The molecule has 1 aliphatic rings. The molecule has 0 saturated heterocycles. The summed E-state index contributed by atoms with van der Waals surface area (Å²) in [6.07, 6.45) is -1.56. The van der Waals surface area contributed by atoms with Gasteiger partial charge in [0.05, 0.1) is 5.70 Å². The van der Waals surface area contributed by atoms with Gasteiger partial charge in [0.1, 0.15) is 5.76 Å². The van der Waals surface area contributed by atoms with Crippen molar-refractivity contribution in [3.05, 3.63) is 36.8 Å². The van der Waals surface area contributed by atoms with E-state index in [0.717, 1.165) is 6.08 Å². The molecule has 0 aromatic heterocycles. The highest BCUT2D eigenvalue weighted by molar-refractivity contribution is 5.85. The summed E-state index contributed by atoms with van der Waals surface area (Å²) in [5.41, 5.74) is 0.0888. The van der Waals surface area contributed by atoms with Gasteiger partial charge < -0.3 is 10.1 Å². The summed E-state index contributed by atoms with van der Waals surface area (Å²) in [7, 11) is 0. The van der Waals surface area contributed by atoms with E-state index in [1.165, 1.54) is 6.08 Å². The number of carbonyl (C=O) groups is 1. The fourth-order valence-corrected chi connectivity index (χ4v) is 0.799. The SMILES string of the molecule is C=CC1=C(C=C)OC(F)(F)C(=O)N1. The summed E-state index contributed by atoms with van der Waals surface area (Å²) in [6.45, 7) is 6.58. The first-order valence-electron chi connectivity index (χ1n) is 3.38. The van der Waals surface area contributed by atoms with Gasteiger partial charge in [0.25, 0.3) is 0 Å². The Morgan fingerprint density at radius 2 is 2.00 bits per heavy atom. The minimum Gasteiger partial charge on any atom is -0.423 e. The molecule has 1 aliphatic heterocycles. The van der Waals surface area contributed by atoms with E-state index in [-0.39, 0.29) is 11.5 Å². The van der Waals surface area contributed by atoms with E-state index >= 15 is 0 Å². The van der Waals surface area contributed by atoms with Crippen LogP contribution in [0.5, 0.6) is 0 Å². The second-order valence-electron chi connectivity index (χ2n) is 2.26. The zero-order valence-electron chi connectivity index (χ0n) is 6.64. The number of hydrogen-bond acceptors (Lipinski definition) is 2. The van der Waals surface area contributed by atoms with Gasteiger partial charge in [-0.2, -0.15) is 8.78 Å². The highest BCUT2D eigenvalue weighted by atomic mass is 19.3. The van der Waals surface area contributed by atoms with Crippen LogP contribution in [0.2, 0.25) is 0 Å². The third kappa shape index (κ3) is 1.58. The fraction of sp³-hybridized carbons (Fsp3) is 0.125. The Morgan fingerprint density at radius 1 is 1.38 bits per heavy atom. The van der Waals surface area contributed by atoms with E-state index in [4.69, 9.17) is 0 Å². The van der Waals surface area contributed by atoms with Crippen LogP contribution in [0.15, 0.2) is 36.8 Å². The molecule has 1 rings (SSSR count). The van der Waals surface area contributed by atoms with Gasteiger partial charge in [0, 0.05) is 0 Å². The summed E-state index contributed by atoms with van der Waals surface area (Å²) >= 11 is 0. The maximum Gasteiger partial charge on any atom is 0.482 e. The van der Waals surface area contributed by atoms with Gasteiger partial charge in [-0.1, -0.05) is 13.2 Å². The van der Waals surface area contributed by atoms with Gasteiger partial charge >= 0.3 is 12.0 Å². The minimum absolute atomic E-state index is 0.0888. The van der Waals surface area contributed by atoms with Crippen molar-refractivity contribution in [1.82, 2.24) is 5.32 Å². The second-order valence-corrected chi connectivity index (χ2v) is 2.26. The highest BCUT2D eigenvalue weighted by Crippen LogP contribution is 2.26. The first-order chi connectivity index (χ1) is 6.01. The Morgan fingerprint density at radius 3 is 2.46 bits per heavy atom. The normalized spacial score (nSPS) is 20.3. The quantitative estimate of drug-likeness (QED) is 0.707. The van der Waals surface area contributed by atoms with E-state index in [1.807, 2.05) is 5.32 Å². The number of ether oxygens (including phenoxy) is 1. The lowest BCUT2D eigenvalue weighted by molar-refractivity contribution is -0.216. The van der Waals surface area contributed by atoms with Gasteiger partial charge in [0.15, 0.2) is 0 Å². The van der Waals surface area contributed by atoms with Crippen molar-refractivity contribution in [2.75, 3.05) is 0 Å². The molecule has 0 aromatic rings. The molecule has 0 atom stereocenters. The zero-order chi connectivity index (χ0) is 10.1. The molecule has 1 amide bonds. The molecule has 0 spiro atoms. The molecule has 0 aliphatic carbocycles. The van der Waals surface area contributed by atoms with Crippen LogP contribution in [0, 0.1) is 0 Å². The van der Waals surface area contributed by atoms with Gasteiger partial charge in [-0.05, 0) is 12.2 Å². The predicted molar refractivity (Wildman–Crippen MR) is 41.6 cm³/mol. The summed E-state index contributed by atoms with van der Waals surface area (Å²) in [4.78, 5) is 10.6. The van der Waals surface area contributed by atoms with Crippen LogP contribution < -0.4 is 5.32 Å². The first-order valence-corrected chi connectivity index (χ1v) is 3.38. The van der Waals surface area contributed by atoms with Crippen molar-refractivity contribution in [2.24, 2.45) is 0 Å². The van der Waals surface area contributed by atoms with Crippen LogP contribution >= 0.6 is 0 Å². The van der Waals surface area contributed by atoms with Gasteiger partial charge in [-0.25, -0.2) is 0 Å². The molecule has 3 nitrogen and oxygen atoms in total. The molecular weight excluding hydrogens is 180 g/mol. The molecular formula is C8H7F2NO2. The third-order valence-electron chi connectivity index (χ3n) is 1.41. The molecule has 1 N–H and O–H groups in total. The molecule has 13 heavy (non-hydrogen) atoms. The van der Waals surface area contributed by atoms with Crippen molar-refractivity contribution >= 4 is 5.91 Å². The number of hydrogen-bond donors (Lipinski definition) is 1. The molecule has 0 bridgehead atoms. The van der Waals surface area contributed by atoms with E-state index in [2.05, 4.69) is 17.9 Å². The van der Waals surface area contributed by atoms with Crippen molar-refractivity contribution in [1.29, 1.82) is 0 Å². The van der Waals surface area contributed by atoms with E-state index in [9.17, 15) is 13.6 Å². The summed E-state index contributed by atoms with van der Waals surface area (Å²) in [5, 5.41) is 1.93. The number of allylic oxidation sites excluding steroid dienone is 2. The van der Waals surface area contributed by atoms with Crippen molar-refractivity contribution in [3.63, 3.8) is 0 Å². The second kappa shape index (κ2) is 3.01. The van der Waals surface area contributed by atoms with Crippen molar-refractivity contribution in [2.45, 2.75) is 6.11 Å². The number of alkyl halides is 2. The zero-order valence-corrected chi connectivity index (χ0v) is 6.64. The van der Waals surface area contributed by atoms with Crippen LogP contribution in [-0.4, -0.2) is 12.0 Å². The van der Waals surface area contributed by atoms with Crippen LogP contribution in [0.25, 0.3) is 0 Å². The predicted octanol–water partition coefficient (Wildman–Crippen LogP) is 1.31. The largest absolute Gasteiger partial charge is 0.482 e. The molecule has 5 heteroatoms. The Balaban J connectivity index is 3.08. The molecule has 0 saturated carbocycles. The maximum atomic E-state index is 12.6. The number of nitrogens with one attached hydrogen (secondary N) is 1. The monoisotopic (exact) mass is 187 g/mol. The maximum absolute atomic E-state index is 12.6. The average molecular weight is 187 g/mol. The van der Waals surface area contributed by atoms with E-state index in [0.29, 0.717) is 0 Å². The third-order valence-corrected chi connectivity index (χ3v) is 1.41. The Hall–Kier alpha value is -1.65. The van der Waals surface area contributed by atoms with Crippen LogP contribution in [-0.2, 0) is 9.53 Å². The number of amides is 1. The Labute approximate surface area is 73.4 Å². The highest BCUT2D eigenvalue weighted by Gasteiger charge is 2.46. The van der Waals surface area contributed by atoms with Gasteiger partial charge in [-0.15, -0.1) is 0 Å². The number of rotatable bonds is 2. The Bertz CT molecular complexity index is 307. The lowest BCUT2D eigenvalue weighted by Crippen LogP contribution is -2.45.